The summed E-state index contributed by atoms with van der Waals surface area (Å²) in [5.41, 5.74) is 10.7. The van der Waals surface area contributed by atoms with Gasteiger partial charge in [0.15, 0.2) is 0 Å². The number of thiol groups is 2. The molecule has 6 N–H and O–H groups in total. The second kappa shape index (κ2) is 10.5. The molecule has 0 saturated carbocycles. The smallest absolute Gasteiger partial charge is 0.320 e. The lowest BCUT2D eigenvalue weighted by Gasteiger charge is -2.30. The number of hydrogen-bond acceptors (Lipinski definition) is 6. The quantitative estimate of drug-likeness (QED) is 0.299. The van der Waals surface area contributed by atoms with Gasteiger partial charge in [-0.15, -0.1) is 0 Å². The average Bonchev–Trinajstić information content (AvgIpc) is 2.28. The maximum atomic E-state index is 10.6. The lowest BCUT2D eigenvalue weighted by Crippen LogP contribution is -2.46. The van der Waals surface area contributed by atoms with E-state index in [-0.39, 0.29) is 5.54 Å². The Morgan fingerprint density at radius 2 is 1.55 bits per heavy atom. The van der Waals surface area contributed by atoms with Crippen LogP contribution < -0.4 is 11.5 Å². The Bertz CT molecular complexity index is 313. The second-order valence-corrected chi connectivity index (χ2v) is 11.8. The van der Waals surface area contributed by atoms with Gasteiger partial charge in [0.1, 0.15) is 12.1 Å². The van der Waals surface area contributed by atoms with Gasteiger partial charge in [0.2, 0.25) is 0 Å². The molecule has 0 aromatic rings. The highest BCUT2D eigenvalue weighted by Gasteiger charge is 2.34. The zero-order valence-corrected chi connectivity index (χ0v) is 14.9. The molecule has 0 spiro atoms. The van der Waals surface area contributed by atoms with Crippen molar-refractivity contribution in [1.82, 2.24) is 0 Å². The van der Waals surface area contributed by atoms with Crippen molar-refractivity contribution < 1.29 is 19.8 Å². The van der Waals surface area contributed by atoms with Gasteiger partial charge in [-0.05, 0) is 23.5 Å². The van der Waals surface area contributed by atoms with Crippen LogP contribution in [-0.4, -0.2) is 53.8 Å². The average molecular weight is 343 g/mol. The third kappa shape index (κ3) is 9.64. The minimum absolute atomic E-state index is 0.0401. The SMILES string of the molecule is C[Si](C)(C)C(CS)C(N)C(=O)O.NC(CCS)C(=O)O. The molecule has 3 atom stereocenters. The van der Waals surface area contributed by atoms with Crippen LogP contribution in [0.3, 0.4) is 0 Å². The Labute approximate surface area is 132 Å². The molecular formula is C11H26N2O4S2Si. The summed E-state index contributed by atoms with van der Waals surface area (Å²) in [6.45, 7) is 6.32. The van der Waals surface area contributed by atoms with E-state index < -0.39 is 32.1 Å². The van der Waals surface area contributed by atoms with E-state index >= 15 is 0 Å². The molecule has 9 heteroatoms. The third-order valence-electron chi connectivity index (χ3n) is 2.79. The van der Waals surface area contributed by atoms with Gasteiger partial charge in [0.25, 0.3) is 0 Å². The molecular weight excluding hydrogens is 316 g/mol. The van der Waals surface area contributed by atoms with Crippen molar-refractivity contribution in [2.45, 2.75) is 43.7 Å². The number of aliphatic carboxylic acids is 2. The molecule has 0 rings (SSSR count). The largest absolute Gasteiger partial charge is 0.480 e. The molecule has 0 amide bonds. The summed E-state index contributed by atoms with van der Waals surface area (Å²) in [5, 5.41) is 16.9. The number of carboxylic acids is 2. The van der Waals surface area contributed by atoms with Crippen molar-refractivity contribution in [3.05, 3.63) is 0 Å². The van der Waals surface area contributed by atoms with E-state index in [0.29, 0.717) is 17.9 Å². The van der Waals surface area contributed by atoms with E-state index in [9.17, 15) is 9.59 Å². The van der Waals surface area contributed by atoms with Crippen molar-refractivity contribution in [3.8, 4) is 0 Å². The van der Waals surface area contributed by atoms with Crippen molar-refractivity contribution in [2.24, 2.45) is 11.5 Å². The molecule has 0 fully saturated rings. The van der Waals surface area contributed by atoms with E-state index in [2.05, 4.69) is 44.9 Å². The van der Waals surface area contributed by atoms with Crippen LogP contribution in [0.4, 0.5) is 0 Å². The zero-order chi connectivity index (χ0) is 16.5. The van der Waals surface area contributed by atoms with Crippen molar-refractivity contribution >= 4 is 45.3 Å². The Hall–Kier alpha value is -0.223. The molecule has 0 aromatic heterocycles. The summed E-state index contributed by atoms with van der Waals surface area (Å²) in [6, 6.07) is -1.50. The van der Waals surface area contributed by atoms with Gasteiger partial charge in [-0.2, -0.15) is 25.3 Å². The fourth-order valence-electron chi connectivity index (χ4n) is 1.36. The van der Waals surface area contributed by atoms with Crippen LogP contribution in [0.25, 0.3) is 0 Å². The van der Waals surface area contributed by atoms with E-state index in [1.165, 1.54) is 0 Å². The van der Waals surface area contributed by atoms with Gasteiger partial charge < -0.3 is 21.7 Å². The number of hydrogen-bond donors (Lipinski definition) is 6. The topological polar surface area (TPSA) is 127 Å². The highest BCUT2D eigenvalue weighted by molar-refractivity contribution is 7.80. The van der Waals surface area contributed by atoms with E-state index in [4.69, 9.17) is 21.7 Å². The molecule has 3 unspecified atom stereocenters. The van der Waals surface area contributed by atoms with Crippen LogP contribution >= 0.6 is 25.3 Å². The van der Waals surface area contributed by atoms with Gasteiger partial charge in [-0.1, -0.05) is 19.6 Å². The molecule has 0 heterocycles. The summed E-state index contributed by atoms with van der Waals surface area (Å²) in [4.78, 5) is 20.5. The Morgan fingerprint density at radius 1 is 1.10 bits per heavy atom. The van der Waals surface area contributed by atoms with Crippen LogP contribution in [0.5, 0.6) is 0 Å². The number of nitrogens with two attached hydrogens (primary N) is 2. The molecule has 6 nitrogen and oxygen atoms in total. The molecule has 0 radical (unpaired) electrons. The number of carbonyl (C=O) groups is 2. The van der Waals surface area contributed by atoms with Crippen molar-refractivity contribution in [1.29, 1.82) is 0 Å². The van der Waals surface area contributed by atoms with Crippen LogP contribution in [0.2, 0.25) is 25.2 Å². The lowest BCUT2D eigenvalue weighted by molar-refractivity contribution is -0.139. The summed E-state index contributed by atoms with van der Waals surface area (Å²) < 4.78 is 0. The van der Waals surface area contributed by atoms with Gasteiger partial charge in [0, 0.05) is 0 Å². The van der Waals surface area contributed by atoms with Crippen LogP contribution in [0.15, 0.2) is 0 Å². The van der Waals surface area contributed by atoms with E-state index in [1.807, 2.05) is 0 Å². The van der Waals surface area contributed by atoms with Gasteiger partial charge in [-0.25, -0.2) is 0 Å². The van der Waals surface area contributed by atoms with Crippen molar-refractivity contribution in [3.63, 3.8) is 0 Å². The molecule has 0 aliphatic heterocycles. The second-order valence-electron chi connectivity index (χ2n) is 5.48. The monoisotopic (exact) mass is 342 g/mol. The predicted molar refractivity (Wildman–Crippen MR) is 90.6 cm³/mol. The van der Waals surface area contributed by atoms with Crippen molar-refractivity contribution in [2.75, 3.05) is 11.5 Å². The number of rotatable bonds is 7. The maximum absolute atomic E-state index is 10.6. The normalized spacial score (nSPS) is 15.6. The van der Waals surface area contributed by atoms with Gasteiger partial charge >= 0.3 is 11.9 Å². The molecule has 20 heavy (non-hydrogen) atoms. The molecule has 0 bridgehead atoms. The Balaban J connectivity index is 0. The molecule has 0 saturated heterocycles. The zero-order valence-electron chi connectivity index (χ0n) is 12.1. The fourth-order valence-corrected chi connectivity index (χ4v) is 5.28. The Morgan fingerprint density at radius 3 is 1.65 bits per heavy atom. The standard InChI is InChI=1S/C7H17NO2SSi.C4H9NO2S/c1-12(2,3)5(4-11)6(8)7(9)10;5-3(1-2-8)4(6)7/h5-6,11H,4,8H2,1-3H3,(H,9,10);3,8H,1-2,5H2,(H,6,7). The summed E-state index contributed by atoms with van der Waals surface area (Å²) in [5.74, 6) is -0.799. The molecule has 0 aromatic carbocycles. The van der Waals surface area contributed by atoms with Crippen LogP contribution in [-0.2, 0) is 9.59 Å². The predicted octanol–water partition coefficient (Wildman–Crippen LogP) is 0.755. The first-order valence-corrected chi connectivity index (χ1v) is 11.0. The molecule has 0 aliphatic rings. The van der Waals surface area contributed by atoms with E-state index in [1.54, 1.807) is 0 Å². The lowest BCUT2D eigenvalue weighted by atomic mass is 10.2. The third-order valence-corrected chi connectivity index (χ3v) is 6.57. The van der Waals surface area contributed by atoms with Gasteiger partial charge in [0.05, 0.1) is 8.07 Å². The minimum atomic E-state index is -1.49. The fraction of sp³-hybridized carbons (Fsp3) is 0.818. The highest BCUT2D eigenvalue weighted by atomic mass is 32.1. The molecule has 0 aliphatic carbocycles. The summed E-state index contributed by atoms with van der Waals surface area (Å²) >= 11 is 7.95. The maximum Gasteiger partial charge on any atom is 0.320 e. The van der Waals surface area contributed by atoms with E-state index in [0.717, 1.165) is 0 Å². The molecule has 120 valence electrons. The van der Waals surface area contributed by atoms with Crippen LogP contribution in [0.1, 0.15) is 6.42 Å². The minimum Gasteiger partial charge on any atom is -0.480 e. The first-order valence-electron chi connectivity index (χ1n) is 6.17. The first-order chi connectivity index (χ1) is 8.98. The summed E-state index contributed by atoms with van der Waals surface area (Å²) in [6.07, 6.45) is 0.429. The number of carboxylic acid groups (broad SMARTS) is 2. The van der Waals surface area contributed by atoms with Gasteiger partial charge in [-0.3, -0.25) is 9.59 Å². The Kier molecular flexibility index (Phi) is 11.6. The first kappa shape index (κ1) is 22.1. The van der Waals surface area contributed by atoms with Crippen LogP contribution in [0, 0.1) is 0 Å². The summed E-state index contributed by atoms with van der Waals surface area (Å²) in [7, 11) is -1.49. The highest BCUT2D eigenvalue weighted by Crippen LogP contribution is 2.25.